The van der Waals surface area contributed by atoms with Crippen molar-refractivity contribution >= 4 is 5.71 Å². The summed E-state index contributed by atoms with van der Waals surface area (Å²) in [5, 5.41) is 13.6. The average molecular weight is 325 g/mol. The van der Waals surface area contributed by atoms with Crippen LogP contribution in [0.25, 0.3) is 0 Å². The third kappa shape index (κ3) is 3.15. The lowest BCUT2D eigenvalue weighted by Crippen LogP contribution is -2.23. The average Bonchev–Trinajstić information content (AvgIpc) is 2.57. The van der Waals surface area contributed by atoms with Crippen LogP contribution in [-0.2, 0) is 0 Å². The fourth-order valence-corrected chi connectivity index (χ4v) is 2.44. The Morgan fingerprint density at radius 2 is 1.92 bits per heavy atom. The lowest BCUT2D eigenvalue weighted by Gasteiger charge is -2.12. The summed E-state index contributed by atoms with van der Waals surface area (Å²) in [5.74, 6) is 1.26. The van der Waals surface area contributed by atoms with Crippen molar-refractivity contribution in [2.24, 2.45) is 5.10 Å². The number of nitrogens with zero attached hydrogens (tertiary/aromatic N) is 3. The molecule has 1 aromatic heterocycles. The number of hydrogen-bond acceptors (Lipinski definition) is 5. The van der Waals surface area contributed by atoms with Gasteiger partial charge in [0.1, 0.15) is 23.1 Å². The first kappa shape index (κ1) is 17.3. The zero-order valence-electron chi connectivity index (χ0n) is 14.4. The van der Waals surface area contributed by atoms with Crippen LogP contribution in [0.1, 0.15) is 29.3 Å². The zero-order valence-corrected chi connectivity index (χ0v) is 14.4. The second-order valence-corrected chi connectivity index (χ2v) is 5.32. The van der Waals surface area contributed by atoms with Crippen LogP contribution in [0.3, 0.4) is 0 Å². The molecule has 0 unspecified atom stereocenters. The predicted octanol–water partition coefficient (Wildman–Crippen LogP) is 2.63. The van der Waals surface area contributed by atoms with Gasteiger partial charge >= 0.3 is 0 Å². The summed E-state index contributed by atoms with van der Waals surface area (Å²) in [5.41, 5.74) is 2.30. The van der Waals surface area contributed by atoms with Gasteiger partial charge in [0.15, 0.2) is 0 Å². The van der Waals surface area contributed by atoms with Crippen LogP contribution in [0.2, 0.25) is 0 Å². The number of benzene rings is 1. The van der Waals surface area contributed by atoms with Crippen LogP contribution < -0.4 is 15.0 Å². The minimum atomic E-state index is -0.429. The van der Waals surface area contributed by atoms with Crippen molar-refractivity contribution in [1.29, 1.82) is 5.26 Å². The number of hydrogen-bond donors (Lipinski definition) is 0. The van der Waals surface area contributed by atoms with Crippen LogP contribution in [0.15, 0.2) is 34.2 Å². The summed E-state index contributed by atoms with van der Waals surface area (Å²) >= 11 is 0. The zero-order chi connectivity index (χ0) is 17.9. The third-order valence-corrected chi connectivity index (χ3v) is 3.72. The maximum Gasteiger partial charge on any atom is 0.289 e. The molecular formula is C18H19N3O3. The Bertz CT molecular complexity index is 905. The van der Waals surface area contributed by atoms with Crippen molar-refractivity contribution in [1.82, 2.24) is 4.68 Å². The Labute approximate surface area is 140 Å². The standard InChI is InChI=1S/C18H19N3O3/c1-11-8-12(2)21(18(22)16(11)10-19)20-13(3)15-7-6-14(23-4)9-17(15)24-5/h6-9H,1-5H3/b20-13+. The molecule has 0 saturated heterocycles. The molecule has 0 saturated carbocycles. The fraction of sp³-hybridized carbons (Fsp3) is 0.278. The Morgan fingerprint density at radius 3 is 2.50 bits per heavy atom. The molecule has 0 aliphatic rings. The second-order valence-electron chi connectivity index (χ2n) is 5.32. The first-order valence-corrected chi connectivity index (χ1v) is 7.34. The molecule has 0 aliphatic heterocycles. The summed E-state index contributed by atoms with van der Waals surface area (Å²) in [6.07, 6.45) is 0. The van der Waals surface area contributed by atoms with Gasteiger partial charge in [0.25, 0.3) is 5.56 Å². The molecule has 24 heavy (non-hydrogen) atoms. The van der Waals surface area contributed by atoms with Gasteiger partial charge in [-0.15, -0.1) is 0 Å². The number of rotatable bonds is 4. The number of pyridine rings is 1. The summed E-state index contributed by atoms with van der Waals surface area (Å²) in [6.45, 7) is 5.29. The predicted molar refractivity (Wildman–Crippen MR) is 92.0 cm³/mol. The van der Waals surface area contributed by atoms with Crippen molar-refractivity contribution in [3.05, 3.63) is 57.0 Å². The summed E-state index contributed by atoms with van der Waals surface area (Å²) in [6, 6.07) is 9.06. The second kappa shape index (κ2) is 7.01. The smallest absolute Gasteiger partial charge is 0.289 e. The van der Waals surface area contributed by atoms with Crippen LogP contribution >= 0.6 is 0 Å². The van der Waals surface area contributed by atoms with Gasteiger partial charge < -0.3 is 9.47 Å². The highest BCUT2D eigenvalue weighted by atomic mass is 16.5. The Kier molecular flexibility index (Phi) is 5.05. The molecule has 0 spiro atoms. The number of nitriles is 1. The number of ether oxygens (including phenoxy) is 2. The van der Waals surface area contributed by atoms with Gasteiger partial charge in [-0.2, -0.15) is 10.4 Å². The van der Waals surface area contributed by atoms with Crippen molar-refractivity contribution in [3.8, 4) is 17.6 Å². The molecular weight excluding hydrogens is 306 g/mol. The summed E-state index contributed by atoms with van der Waals surface area (Å²) in [4.78, 5) is 12.4. The van der Waals surface area contributed by atoms with Crippen LogP contribution in [0.4, 0.5) is 0 Å². The van der Waals surface area contributed by atoms with E-state index in [-0.39, 0.29) is 5.56 Å². The molecule has 0 aliphatic carbocycles. The molecule has 6 heteroatoms. The van der Waals surface area contributed by atoms with E-state index in [0.29, 0.717) is 28.5 Å². The summed E-state index contributed by atoms with van der Waals surface area (Å²) < 4.78 is 11.8. The van der Waals surface area contributed by atoms with E-state index < -0.39 is 5.56 Å². The molecule has 0 amide bonds. The number of aryl methyl sites for hydroxylation is 2. The fourth-order valence-electron chi connectivity index (χ4n) is 2.44. The quantitative estimate of drug-likeness (QED) is 0.810. The van der Waals surface area contributed by atoms with E-state index in [2.05, 4.69) is 5.10 Å². The maximum atomic E-state index is 12.4. The van der Waals surface area contributed by atoms with E-state index in [0.717, 1.165) is 5.56 Å². The van der Waals surface area contributed by atoms with Crippen LogP contribution in [0.5, 0.6) is 11.5 Å². The molecule has 0 fully saturated rings. The van der Waals surface area contributed by atoms with Crippen molar-refractivity contribution in [3.63, 3.8) is 0 Å². The normalized spacial score (nSPS) is 11.1. The molecule has 2 aromatic rings. The van der Waals surface area contributed by atoms with Crippen molar-refractivity contribution in [2.45, 2.75) is 20.8 Å². The van der Waals surface area contributed by atoms with E-state index in [1.807, 2.05) is 12.1 Å². The number of aromatic nitrogens is 1. The summed E-state index contributed by atoms with van der Waals surface area (Å²) in [7, 11) is 3.14. The van der Waals surface area contributed by atoms with E-state index in [1.165, 1.54) is 4.68 Å². The molecule has 2 rings (SSSR count). The molecule has 0 radical (unpaired) electrons. The van der Waals surface area contributed by atoms with Crippen molar-refractivity contribution in [2.75, 3.05) is 14.2 Å². The first-order chi connectivity index (χ1) is 11.4. The van der Waals surface area contributed by atoms with Gasteiger partial charge in [-0.3, -0.25) is 4.79 Å². The Balaban J connectivity index is 2.62. The molecule has 0 bridgehead atoms. The lowest BCUT2D eigenvalue weighted by atomic mass is 10.1. The largest absolute Gasteiger partial charge is 0.497 e. The lowest BCUT2D eigenvalue weighted by molar-refractivity contribution is 0.394. The molecule has 6 nitrogen and oxygen atoms in total. The van der Waals surface area contributed by atoms with Gasteiger partial charge in [-0.25, -0.2) is 4.68 Å². The minimum absolute atomic E-state index is 0.0962. The molecule has 1 aromatic carbocycles. The van der Waals surface area contributed by atoms with Gasteiger partial charge in [0.05, 0.1) is 19.9 Å². The molecule has 0 atom stereocenters. The van der Waals surface area contributed by atoms with Gasteiger partial charge in [0, 0.05) is 17.3 Å². The van der Waals surface area contributed by atoms with Gasteiger partial charge in [-0.1, -0.05) is 0 Å². The molecule has 124 valence electrons. The van der Waals surface area contributed by atoms with E-state index in [4.69, 9.17) is 14.7 Å². The molecule has 1 heterocycles. The minimum Gasteiger partial charge on any atom is -0.497 e. The first-order valence-electron chi connectivity index (χ1n) is 7.34. The maximum absolute atomic E-state index is 12.4. The van der Waals surface area contributed by atoms with E-state index in [9.17, 15) is 4.79 Å². The molecule has 0 N–H and O–H groups in total. The van der Waals surface area contributed by atoms with Crippen LogP contribution in [0, 0.1) is 25.2 Å². The highest BCUT2D eigenvalue weighted by Crippen LogP contribution is 2.25. The topological polar surface area (TPSA) is 76.6 Å². The highest BCUT2D eigenvalue weighted by molar-refractivity contribution is 6.01. The van der Waals surface area contributed by atoms with Crippen LogP contribution in [-0.4, -0.2) is 24.6 Å². The van der Waals surface area contributed by atoms with E-state index >= 15 is 0 Å². The van der Waals surface area contributed by atoms with Crippen molar-refractivity contribution < 1.29 is 9.47 Å². The monoisotopic (exact) mass is 325 g/mol. The number of methoxy groups -OCH3 is 2. The SMILES string of the molecule is COc1ccc(/C(C)=N/n2c(C)cc(C)c(C#N)c2=O)c(OC)c1. The Morgan fingerprint density at radius 1 is 1.21 bits per heavy atom. The third-order valence-electron chi connectivity index (χ3n) is 3.72. The van der Waals surface area contributed by atoms with Gasteiger partial charge in [0.2, 0.25) is 0 Å². The van der Waals surface area contributed by atoms with E-state index in [1.54, 1.807) is 53.2 Å². The van der Waals surface area contributed by atoms with Gasteiger partial charge in [-0.05, 0) is 44.5 Å². The highest BCUT2D eigenvalue weighted by Gasteiger charge is 2.12. The Hall–Kier alpha value is -3.07.